The second-order valence-corrected chi connectivity index (χ2v) is 11.4. The Morgan fingerprint density at radius 2 is 1.75 bits per heavy atom. The lowest BCUT2D eigenvalue weighted by Crippen LogP contribution is -2.38. The van der Waals surface area contributed by atoms with Gasteiger partial charge in [-0.15, -0.1) is 0 Å². The van der Waals surface area contributed by atoms with Gasteiger partial charge in [-0.2, -0.15) is 4.98 Å². The first-order chi connectivity index (χ1) is 23.2. The molecule has 0 spiro atoms. The highest BCUT2D eigenvalue weighted by Gasteiger charge is 2.19. The number of nitrogens with one attached hydrogen (secondary N) is 2. The Balaban J connectivity index is 1.22. The summed E-state index contributed by atoms with van der Waals surface area (Å²) in [5, 5.41) is 5.32. The molecule has 0 aliphatic heterocycles. The zero-order chi connectivity index (χ0) is 34.2. The van der Waals surface area contributed by atoms with E-state index in [1.165, 1.54) is 0 Å². The van der Waals surface area contributed by atoms with Gasteiger partial charge in [0.1, 0.15) is 17.9 Å². The number of nitrogens with zero attached hydrogens (tertiary/aromatic N) is 4. The van der Waals surface area contributed by atoms with Crippen LogP contribution in [0.3, 0.4) is 0 Å². The highest BCUT2D eigenvalue weighted by Crippen LogP contribution is 2.32. The van der Waals surface area contributed by atoms with Crippen LogP contribution < -0.4 is 25.0 Å². The van der Waals surface area contributed by atoms with Gasteiger partial charge in [-0.3, -0.25) is 23.9 Å². The third kappa shape index (κ3) is 7.63. The number of likely N-dealkylation sites (N-methyl/N-ethyl adjacent to an activating group) is 1. The molecule has 2 aromatic heterocycles. The molecule has 248 valence electrons. The summed E-state index contributed by atoms with van der Waals surface area (Å²) in [6.07, 6.45) is 2.48. The second-order valence-electron chi connectivity index (χ2n) is 11.4. The number of aromatic nitrogens is 3. The number of carbonyl (C=O) groups is 3. The van der Waals surface area contributed by atoms with Crippen molar-refractivity contribution in [2.45, 2.75) is 39.8 Å². The molecule has 0 unspecified atom stereocenters. The lowest BCUT2D eigenvalue weighted by molar-refractivity contribution is -0.124. The van der Waals surface area contributed by atoms with Gasteiger partial charge in [0, 0.05) is 38.0 Å². The van der Waals surface area contributed by atoms with E-state index in [9.17, 15) is 14.4 Å². The van der Waals surface area contributed by atoms with Crippen molar-refractivity contribution < 1.29 is 23.9 Å². The molecule has 0 fully saturated rings. The van der Waals surface area contributed by atoms with Gasteiger partial charge >= 0.3 is 0 Å². The summed E-state index contributed by atoms with van der Waals surface area (Å²) >= 11 is 0. The number of imidazole rings is 1. The summed E-state index contributed by atoms with van der Waals surface area (Å²) in [5.41, 5.74) is 7.53. The Morgan fingerprint density at radius 1 is 0.958 bits per heavy atom. The Bertz CT molecular complexity index is 1920. The Labute approximate surface area is 279 Å². The molecule has 0 atom stereocenters. The van der Waals surface area contributed by atoms with Crippen molar-refractivity contribution in [1.82, 2.24) is 25.2 Å². The minimum atomic E-state index is -0.243. The zero-order valence-corrected chi connectivity index (χ0v) is 27.9. The standard InChI is InChI=1S/C37H40N6O5/c1-24-12-18-30(42(4)34(45)21-40-33(44)19-15-26-13-16-27(17-14-26)36(46)38-3)25(2)29(24)23-48-32-11-8-10-31-35(32)41-37(47-5)43(31)22-28-9-6-7-20-39-28/h6-14,16-18,20H,15,19,21-23H2,1-5H3,(H,38,46)(H,40,44). The van der Waals surface area contributed by atoms with Crippen molar-refractivity contribution in [3.05, 3.63) is 113 Å². The van der Waals surface area contributed by atoms with Crippen LogP contribution in [0.25, 0.3) is 11.0 Å². The van der Waals surface area contributed by atoms with Gasteiger partial charge in [0.05, 0.1) is 31.4 Å². The molecule has 11 nitrogen and oxygen atoms in total. The molecule has 3 aromatic carbocycles. The quantitative estimate of drug-likeness (QED) is 0.189. The largest absolute Gasteiger partial charge is 0.487 e. The van der Waals surface area contributed by atoms with Gasteiger partial charge in [0.2, 0.25) is 11.8 Å². The Kier molecular flexibility index (Phi) is 10.7. The van der Waals surface area contributed by atoms with Crippen LogP contribution in [-0.2, 0) is 29.2 Å². The van der Waals surface area contributed by atoms with Gasteiger partial charge in [-0.25, -0.2) is 0 Å². The lowest BCUT2D eigenvalue weighted by atomic mass is 10.0. The molecule has 0 saturated heterocycles. The Hall–Kier alpha value is -5.71. The number of para-hydroxylation sites is 1. The van der Waals surface area contributed by atoms with E-state index < -0.39 is 0 Å². The van der Waals surface area contributed by atoms with E-state index in [4.69, 9.17) is 14.5 Å². The van der Waals surface area contributed by atoms with Crippen LogP contribution in [0.2, 0.25) is 0 Å². The number of aryl methyl sites for hydroxylation is 2. The molecule has 0 radical (unpaired) electrons. The number of carbonyl (C=O) groups excluding carboxylic acids is 3. The van der Waals surface area contributed by atoms with E-state index in [1.807, 2.05) is 79.1 Å². The number of amides is 3. The van der Waals surface area contributed by atoms with Crippen molar-refractivity contribution in [3.8, 4) is 11.8 Å². The van der Waals surface area contributed by atoms with Crippen LogP contribution in [0.4, 0.5) is 5.69 Å². The fourth-order valence-corrected chi connectivity index (χ4v) is 5.53. The molecule has 0 saturated carbocycles. The fraction of sp³-hybridized carbons (Fsp3) is 0.270. The highest BCUT2D eigenvalue weighted by atomic mass is 16.5. The van der Waals surface area contributed by atoms with Crippen molar-refractivity contribution >= 4 is 34.4 Å². The van der Waals surface area contributed by atoms with Crippen LogP contribution >= 0.6 is 0 Å². The number of anilines is 1. The monoisotopic (exact) mass is 648 g/mol. The molecule has 5 aromatic rings. The van der Waals surface area contributed by atoms with Crippen LogP contribution in [0.1, 0.15) is 44.7 Å². The average Bonchev–Trinajstić information content (AvgIpc) is 3.47. The smallest absolute Gasteiger partial charge is 0.297 e. The fourth-order valence-electron chi connectivity index (χ4n) is 5.53. The minimum absolute atomic E-state index is 0.130. The third-order valence-electron chi connectivity index (χ3n) is 8.37. The number of fused-ring (bicyclic) bond motifs is 1. The molecule has 2 N–H and O–H groups in total. The van der Waals surface area contributed by atoms with Gasteiger partial charge in [0.15, 0.2) is 0 Å². The number of hydrogen-bond donors (Lipinski definition) is 2. The second kappa shape index (κ2) is 15.3. The first-order valence-electron chi connectivity index (χ1n) is 15.7. The van der Waals surface area contributed by atoms with Gasteiger partial charge in [0.25, 0.3) is 11.9 Å². The summed E-state index contributed by atoms with van der Waals surface area (Å²) in [6, 6.07) is 23.0. The van der Waals surface area contributed by atoms with Crippen LogP contribution in [0.15, 0.2) is 79.0 Å². The molecule has 48 heavy (non-hydrogen) atoms. The third-order valence-corrected chi connectivity index (χ3v) is 8.37. The summed E-state index contributed by atoms with van der Waals surface area (Å²) in [6.45, 7) is 4.61. The zero-order valence-electron chi connectivity index (χ0n) is 27.9. The number of hydrogen-bond acceptors (Lipinski definition) is 7. The molecule has 0 aliphatic carbocycles. The summed E-state index contributed by atoms with van der Waals surface area (Å²) in [4.78, 5) is 48.1. The molecule has 0 bridgehead atoms. The van der Waals surface area contributed by atoms with Crippen LogP contribution in [-0.4, -0.2) is 60.0 Å². The van der Waals surface area contributed by atoms with Crippen LogP contribution in [0.5, 0.6) is 11.8 Å². The predicted molar refractivity (Wildman–Crippen MR) is 184 cm³/mol. The maximum absolute atomic E-state index is 13.1. The van der Waals surface area contributed by atoms with Gasteiger partial charge in [-0.1, -0.05) is 30.3 Å². The van der Waals surface area contributed by atoms with E-state index in [2.05, 4.69) is 15.6 Å². The summed E-state index contributed by atoms with van der Waals surface area (Å²) in [5.74, 6) is -0.0169. The van der Waals surface area contributed by atoms with Gasteiger partial charge < -0.3 is 25.0 Å². The number of pyridine rings is 1. The lowest BCUT2D eigenvalue weighted by Gasteiger charge is -2.23. The number of rotatable bonds is 13. The summed E-state index contributed by atoms with van der Waals surface area (Å²) in [7, 11) is 4.87. The minimum Gasteiger partial charge on any atom is -0.487 e. The summed E-state index contributed by atoms with van der Waals surface area (Å²) < 4.78 is 13.9. The molecule has 0 aliphatic rings. The van der Waals surface area contributed by atoms with E-state index in [0.29, 0.717) is 35.8 Å². The van der Waals surface area contributed by atoms with Crippen LogP contribution in [0, 0.1) is 13.8 Å². The molecular formula is C37H40N6O5. The van der Waals surface area contributed by atoms with Crippen molar-refractivity contribution in [2.75, 3.05) is 32.6 Å². The number of methoxy groups -OCH3 is 1. The maximum Gasteiger partial charge on any atom is 0.297 e. The number of ether oxygens (including phenoxy) is 2. The SMILES string of the molecule is CNC(=O)c1ccc(CCC(=O)NCC(=O)N(C)c2ccc(C)c(COc3cccc4c3nc(OC)n4Cc3ccccn3)c2C)cc1. The highest BCUT2D eigenvalue weighted by molar-refractivity contribution is 5.97. The van der Waals surface area contributed by atoms with Gasteiger partial charge in [-0.05, 0) is 85.0 Å². The molecular weight excluding hydrogens is 608 g/mol. The van der Waals surface area contributed by atoms with E-state index in [0.717, 1.165) is 39.2 Å². The maximum atomic E-state index is 13.1. The van der Waals surface area contributed by atoms with E-state index in [-0.39, 0.29) is 37.3 Å². The number of benzene rings is 3. The van der Waals surface area contributed by atoms with Crippen molar-refractivity contribution in [1.29, 1.82) is 0 Å². The Morgan fingerprint density at radius 3 is 2.46 bits per heavy atom. The van der Waals surface area contributed by atoms with Crippen molar-refractivity contribution in [3.63, 3.8) is 0 Å². The van der Waals surface area contributed by atoms with Crippen molar-refractivity contribution in [2.24, 2.45) is 0 Å². The first-order valence-corrected chi connectivity index (χ1v) is 15.7. The average molecular weight is 649 g/mol. The topological polar surface area (TPSA) is 128 Å². The molecule has 2 heterocycles. The molecule has 5 rings (SSSR count). The molecule has 3 amide bonds. The first kappa shape index (κ1) is 33.6. The normalized spacial score (nSPS) is 10.9. The molecule has 11 heteroatoms. The van der Waals surface area contributed by atoms with E-state index >= 15 is 0 Å². The predicted octanol–water partition coefficient (Wildman–Crippen LogP) is 4.76. The van der Waals surface area contributed by atoms with E-state index in [1.54, 1.807) is 44.4 Å².